The second-order valence-corrected chi connectivity index (χ2v) is 39.9. The van der Waals surface area contributed by atoms with Crippen LogP contribution in [0, 0.1) is 0 Å². The van der Waals surface area contributed by atoms with Crippen LogP contribution in [0.4, 0.5) is 0 Å². The molecule has 3 nitrogen and oxygen atoms in total. The maximum atomic E-state index is 7.01. The van der Waals surface area contributed by atoms with Gasteiger partial charge >= 0.3 is 0 Å². The summed E-state index contributed by atoms with van der Waals surface area (Å²) in [4.78, 5) is 0. The molecular formula is C22H58O3Si6. The lowest BCUT2D eigenvalue weighted by Gasteiger charge is -2.39. The molecule has 0 radical (unpaired) electrons. The number of hydrogen-bond acceptors (Lipinski definition) is 3. The summed E-state index contributed by atoms with van der Waals surface area (Å²) in [6.07, 6.45) is 2.49. The van der Waals surface area contributed by atoms with Crippen LogP contribution in [-0.4, -0.2) is 49.9 Å². The average molecular weight is 539 g/mol. The first kappa shape index (κ1) is 32.2. The SMILES string of the molecule is CCC[Si](C)(C)O[Si](C)(C)CC[Si](C)(C)O[Si](C)(C)CC[Si](C)(C)O[Si](C)(C)CCC. The van der Waals surface area contributed by atoms with Crippen LogP contribution in [0.15, 0.2) is 0 Å². The fourth-order valence-electron chi connectivity index (χ4n) is 4.96. The van der Waals surface area contributed by atoms with E-state index in [-0.39, 0.29) is 0 Å². The van der Waals surface area contributed by atoms with E-state index >= 15 is 0 Å². The second kappa shape index (κ2) is 12.2. The van der Waals surface area contributed by atoms with Crippen LogP contribution in [0.1, 0.15) is 26.7 Å². The Morgan fingerprint density at radius 1 is 0.323 bits per heavy atom. The topological polar surface area (TPSA) is 27.7 Å². The van der Waals surface area contributed by atoms with Gasteiger partial charge in [0.25, 0.3) is 0 Å². The third kappa shape index (κ3) is 15.7. The van der Waals surface area contributed by atoms with Gasteiger partial charge in [-0.05, 0) is 115 Å². The van der Waals surface area contributed by atoms with Crippen molar-refractivity contribution in [2.75, 3.05) is 0 Å². The van der Waals surface area contributed by atoms with Crippen molar-refractivity contribution >= 4 is 49.9 Å². The van der Waals surface area contributed by atoms with Gasteiger partial charge in [0.15, 0.2) is 49.9 Å². The first-order chi connectivity index (χ1) is 13.7. The van der Waals surface area contributed by atoms with Crippen LogP contribution in [0.2, 0.25) is 115 Å². The molecule has 0 amide bonds. The van der Waals surface area contributed by atoms with Gasteiger partial charge in [0.1, 0.15) is 0 Å². The lowest BCUT2D eigenvalue weighted by atomic mass is 10.6. The van der Waals surface area contributed by atoms with Gasteiger partial charge in [0, 0.05) is 0 Å². The Kier molecular flexibility index (Phi) is 12.7. The molecule has 0 aliphatic heterocycles. The normalized spacial score (nSPS) is 14.9. The molecule has 0 atom stereocenters. The Hall–Kier alpha value is 1.18. The van der Waals surface area contributed by atoms with E-state index in [0.717, 1.165) is 0 Å². The van der Waals surface area contributed by atoms with Gasteiger partial charge < -0.3 is 12.3 Å². The zero-order valence-corrected chi connectivity index (χ0v) is 29.9. The quantitative estimate of drug-likeness (QED) is 0.183. The molecule has 0 saturated carbocycles. The highest BCUT2D eigenvalue weighted by Crippen LogP contribution is 2.32. The van der Waals surface area contributed by atoms with E-state index in [2.05, 4.69) is 92.4 Å². The van der Waals surface area contributed by atoms with Crippen molar-refractivity contribution < 1.29 is 12.3 Å². The second-order valence-electron chi connectivity index (χ2n) is 13.4. The van der Waals surface area contributed by atoms with Crippen molar-refractivity contribution in [3.63, 3.8) is 0 Å². The van der Waals surface area contributed by atoms with Gasteiger partial charge in [0.05, 0.1) is 0 Å². The van der Waals surface area contributed by atoms with Crippen molar-refractivity contribution in [3.05, 3.63) is 0 Å². The van der Waals surface area contributed by atoms with Crippen molar-refractivity contribution in [2.45, 2.75) is 142 Å². The van der Waals surface area contributed by atoms with Crippen LogP contribution in [-0.2, 0) is 12.3 Å². The molecule has 9 heteroatoms. The molecule has 0 heterocycles. The largest absolute Gasteiger partial charge is 0.456 e. The van der Waals surface area contributed by atoms with E-state index < -0.39 is 49.9 Å². The molecule has 0 aromatic rings. The highest BCUT2D eigenvalue weighted by atomic mass is 28.4. The van der Waals surface area contributed by atoms with Crippen molar-refractivity contribution in [1.29, 1.82) is 0 Å². The van der Waals surface area contributed by atoms with Crippen LogP contribution < -0.4 is 0 Å². The summed E-state index contributed by atoms with van der Waals surface area (Å²) < 4.78 is 20.6. The predicted octanol–water partition coefficient (Wildman–Crippen LogP) is 9.09. The minimum absolute atomic E-state index is 1.24. The fraction of sp³-hybridized carbons (Fsp3) is 1.00. The van der Waals surface area contributed by atoms with E-state index in [0.29, 0.717) is 0 Å². The Balaban J connectivity index is 4.82. The molecule has 0 fully saturated rings. The molecule has 0 spiro atoms. The summed E-state index contributed by atoms with van der Waals surface area (Å²) in [7, 11) is -9.61. The number of hydrogen-bond donors (Lipinski definition) is 0. The molecule has 0 bridgehead atoms. The molecule has 31 heavy (non-hydrogen) atoms. The Labute approximate surface area is 203 Å². The summed E-state index contributed by atoms with van der Waals surface area (Å²) in [5.74, 6) is 0. The predicted molar refractivity (Wildman–Crippen MR) is 158 cm³/mol. The summed E-state index contributed by atoms with van der Waals surface area (Å²) >= 11 is 0. The minimum atomic E-state index is -1.68. The summed E-state index contributed by atoms with van der Waals surface area (Å²) in [6, 6.07) is 7.54. The summed E-state index contributed by atoms with van der Waals surface area (Å²) in [5.41, 5.74) is 0. The van der Waals surface area contributed by atoms with Gasteiger partial charge in [0.2, 0.25) is 0 Å². The zero-order chi connectivity index (χ0) is 24.8. The number of rotatable bonds is 16. The molecule has 188 valence electrons. The first-order valence-corrected chi connectivity index (χ1v) is 31.5. The van der Waals surface area contributed by atoms with Gasteiger partial charge in [-0.3, -0.25) is 0 Å². The van der Waals surface area contributed by atoms with Crippen LogP contribution >= 0.6 is 0 Å². The average Bonchev–Trinajstić information content (AvgIpc) is 2.48. The highest BCUT2D eigenvalue weighted by Gasteiger charge is 2.39. The van der Waals surface area contributed by atoms with E-state index in [4.69, 9.17) is 12.3 Å². The third-order valence-electron chi connectivity index (χ3n) is 6.02. The molecule has 0 unspecified atom stereocenters. The smallest absolute Gasteiger partial charge is 0.173 e. The Morgan fingerprint density at radius 3 is 0.645 bits per heavy atom. The van der Waals surface area contributed by atoms with E-state index in [1.165, 1.54) is 49.1 Å². The molecule has 0 N–H and O–H groups in total. The molecule has 0 saturated heterocycles. The highest BCUT2D eigenvalue weighted by molar-refractivity contribution is 6.89. The van der Waals surface area contributed by atoms with Gasteiger partial charge in [-0.1, -0.05) is 26.7 Å². The van der Waals surface area contributed by atoms with E-state index in [1.807, 2.05) is 0 Å². The minimum Gasteiger partial charge on any atom is -0.456 e. The summed E-state index contributed by atoms with van der Waals surface area (Å²) in [5, 5.41) is 0. The van der Waals surface area contributed by atoms with Crippen LogP contribution in [0.25, 0.3) is 0 Å². The van der Waals surface area contributed by atoms with Crippen LogP contribution in [0.5, 0.6) is 0 Å². The molecule has 0 aliphatic carbocycles. The van der Waals surface area contributed by atoms with Crippen molar-refractivity contribution in [1.82, 2.24) is 0 Å². The van der Waals surface area contributed by atoms with Crippen molar-refractivity contribution in [3.8, 4) is 0 Å². The molecule has 0 aromatic heterocycles. The maximum absolute atomic E-state index is 7.01. The standard InChI is InChI=1S/C22H58O3Si6/c1-15-17-26(3,4)23-28(7,8)19-21-30(11,12)25-31(13,14)22-20-29(9,10)24-27(5,6)18-16-2/h15-22H2,1-14H3. The molecule has 0 aliphatic rings. The van der Waals surface area contributed by atoms with Gasteiger partial charge in [-0.25, -0.2) is 0 Å². The Bertz CT molecular complexity index is 487. The molecule has 0 aromatic carbocycles. The van der Waals surface area contributed by atoms with E-state index in [9.17, 15) is 0 Å². The van der Waals surface area contributed by atoms with Crippen molar-refractivity contribution in [2.24, 2.45) is 0 Å². The van der Waals surface area contributed by atoms with E-state index in [1.54, 1.807) is 0 Å². The lowest BCUT2D eigenvalue weighted by molar-refractivity contribution is 0.518. The van der Waals surface area contributed by atoms with Gasteiger partial charge in [-0.15, -0.1) is 0 Å². The monoisotopic (exact) mass is 538 g/mol. The van der Waals surface area contributed by atoms with Gasteiger partial charge in [-0.2, -0.15) is 0 Å². The fourth-order valence-corrected chi connectivity index (χ4v) is 37.4. The first-order valence-electron chi connectivity index (χ1n) is 12.8. The lowest BCUT2D eigenvalue weighted by Crippen LogP contribution is -2.49. The maximum Gasteiger partial charge on any atom is 0.173 e. The third-order valence-corrected chi connectivity index (χ3v) is 29.5. The molecule has 0 rings (SSSR count). The molecular weight excluding hydrogens is 481 g/mol. The summed E-state index contributed by atoms with van der Waals surface area (Å²) in [6.45, 7) is 33.7. The van der Waals surface area contributed by atoms with Crippen LogP contribution in [0.3, 0.4) is 0 Å². The zero-order valence-electron chi connectivity index (χ0n) is 23.9. The Morgan fingerprint density at radius 2 is 0.484 bits per heavy atom.